The van der Waals surface area contributed by atoms with E-state index in [-0.39, 0.29) is 16.9 Å². The summed E-state index contributed by atoms with van der Waals surface area (Å²) in [5, 5.41) is 0. The highest BCUT2D eigenvalue weighted by Gasteiger charge is 2.20. The highest BCUT2D eigenvalue weighted by molar-refractivity contribution is 6.00. The molecule has 0 aliphatic heterocycles. The lowest BCUT2D eigenvalue weighted by atomic mass is 10.1. The Bertz CT molecular complexity index is 787. The van der Waals surface area contributed by atoms with E-state index in [2.05, 4.69) is 0 Å². The van der Waals surface area contributed by atoms with Crippen molar-refractivity contribution in [1.82, 2.24) is 0 Å². The standard InChI is InChI=1S/C18H17FO6/c1-22-15-9-17(24-3)16(23-2)8-13(15)18(21)25-10-14(20)11-5-4-6-12(19)7-11/h4-9H,10H2,1-3H3. The largest absolute Gasteiger partial charge is 0.496 e. The molecule has 7 heteroatoms. The molecule has 0 aliphatic rings. The summed E-state index contributed by atoms with van der Waals surface area (Å²) in [5.74, 6) is -0.937. The number of hydrogen-bond donors (Lipinski definition) is 0. The molecular weight excluding hydrogens is 331 g/mol. The predicted molar refractivity (Wildman–Crippen MR) is 87.1 cm³/mol. The van der Waals surface area contributed by atoms with Gasteiger partial charge in [0, 0.05) is 17.7 Å². The van der Waals surface area contributed by atoms with Crippen molar-refractivity contribution in [2.45, 2.75) is 0 Å². The van der Waals surface area contributed by atoms with Crippen molar-refractivity contribution in [3.8, 4) is 17.2 Å². The van der Waals surface area contributed by atoms with Crippen LogP contribution in [0.4, 0.5) is 4.39 Å². The molecule has 2 aromatic carbocycles. The van der Waals surface area contributed by atoms with Crippen molar-refractivity contribution < 1.29 is 32.9 Å². The van der Waals surface area contributed by atoms with Crippen LogP contribution in [-0.2, 0) is 4.74 Å². The van der Waals surface area contributed by atoms with Gasteiger partial charge in [0.1, 0.15) is 17.1 Å². The summed E-state index contributed by atoms with van der Waals surface area (Å²) in [7, 11) is 4.26. The molecule has 0 heterocycles. The Morgan fingerprint density at radius 2 is 1.56 bits per heavy atom. The fraction of sp³-hybridized carbons (Fsp3) is 0.222. The van der Waals surface area contributed by atoms with E-state index in [9.17, 15) is 14.0 Å². The van der Waals surface area contributed by atoms with Gasteiger partial charge in [-0.25, -0.2) is 9.18 Å². The number of ketones is 1. The summed E-state index contributed by atoms with van der Waals surface area (Å²) in [6.07, 6.45) is 0. The molecule has 0 unspecified atom stereocenters. The van der Waals surface area contributed by atoms with Crippen LogP contribution in [0.2, 0.25) is 0 Å². The summed E-state index contributed by atoms with van der Waals surface area (Å²) < 4.78 is 33.6. The predicted octanol–water partition coefficient (Wildman–Crippen LogP) is 2.89. The van der Waals surface area contributed by atoms with Gasteiger partial charge in [-0.05, 0) is 12.1 Å². The minimum absolute atomic E-state index is 0.0761. The lowest BCUT2D eigenvalue weighted by molar-refractivity contribution is 0.0471. The fourth-order valence-corrected chi connectivity index (χ4v) is 2.14. The molecule has 0 radical (unpaired) electrons. The second kappa shape index (κ2) is 8.14. The summed E-state index contributed by atoms with van der Waals surface area (Å²) in [6, 6.07) is 8.01. The Balaban J connectivity index is 2.16. The molecule has 0 amide bonds. The molecule has 6 nitrogen and oxygen atoms in total. The number of hydrogen-bond acceptors (Lipinski definition) is 6. The van der Waals surface area contributed by atoms with Crippen molar-refractivity contribution in [3.05, 3.63) is 53.3 Å². The summed E-state index contributed by atoms with van der Waals surface area (Å²) in [5.41, 5.74) is 0.194. The fourth-order valence-electron chi connectivity index (χ4n) is 2.14. The first-order chi connectivity index (χ1) is 12.0. The van der Waals surface area contributed by atoms with Gasteiger partial charge in [-0.3, -0.25) is 4.79 Å². The number of carbonyl (C=O) groups excluding carboxylic acids is 2. The third-order valence-corrected chi connectivity index (χ3v) is 3.41. The van der Waals surface area contributed by atoms with Gasteiger partial charge in [-0.15, -0.1) is 0 Å². The van der Waals surface area contributed by atoms with E-state index in [1.807, 2.05) is 0 Å². The van der Waals surface area contributed by atoms with Gasteiger partial charge < -0.3 is 18.9 Å². The second-order valence-electron chi connectivity index (χ2n) is 4.92. The molecule has 0 saturated carbocycles. The number of carbonyl (C=O) groups is 2. The molecule has 0 aliphatic carbocycles. The van der Waals surface area contributed by atoms with E-state index in [1.54, 1.807) is 0 Å². The van der Waals surface area contributed by atoms with E-state index in [1.165, 1.54) is 51.7 Å². The maximum Gasteiger partial charge on any atom is 0.342 e. The monoisotopic (exact) mass is 348 g/mol. The van der Waals surface area contributed by atoms with E-state index in [4.69, 9.17) is 18.9 Å². The first-order valence-electron chi connectivity index (χ1n) is 7.26. The highest BCUT2D eigenvalue weighted by Crippen LogP contribution is 2.34. The zero-order valence-corrected chi connectivity index (χ0v) is 14.0. The van der Waals surface area contributed by atoms with E-state index in [0.717, 1.165) is 6.07 Å². The minimum atomic E-state index is -0.775. The van der Waals surface area contributed by atoms with Gasteiger partial charge in [0.05, 0.1) is 21.3 Å². The van der Waals surface area contributed by atoms with Crippen LogP contribution >= 0.6 is 0 Å². The first-order valence-corrected chi connectivity index (χ1v) is 7.26. The Morgan fingerprint density at radius 1 is 0.920 bits per heavy atom. The Kier molecular flexibility index (Phi) is 5.94. The van der Waals surface area contributed by atoms with Crippen LogP contribution < -0.4 is 14.2 Å². The van der Waals surface area contributed by atoms with Gasteiger partial charge in [0.25, 0.3) is 0 Å². The van der Waals surface area contributed by atoms with Gasteiger partial charge in [0.15, 0.2) is 23.9 Å². The molecule has 0 fully saturated rings. The molecule has 0 atom stereocenters. The summed E-state index contributed by atoms with van der Waals surface area (Å²) >= 11 is 0. The summed E-state index contributed by atoms with van der Waals surface area (Å²) in [6.45, 7) is -0.528. The molecule has 132 valence electrons. The van der Waals surface area contributed by atoms with Gasteiger partial charge in [0.2, 0.25) is 0 Å². The molecule has 2 aromatic rings. The third-order valence-electron chi connectivity index (χ3n) is 3.41. The number of esters is 1. The van der Waals surface area contributed by atoms with Crippen molar-refractivity contribution in [1.29, 1.82) is 0 Å². The Morgan fingerprint density at radius 3 is 2.16 bits per heavy atom. The normalized spacial score (nSPS) is 10.1. The summed E-state index contributed by atoms with van der Waals surface area (Å²) in [4.78, 5) is 24.3. The van der Waals surface area contributed by atoms with Crippen molar-refractivity contribution in [2.75, 3.05) is 27.9 Å². The number of Topliss-reactive ketones (excluding diaryl/α,β-unsaturated/α-hetero) is 1. The number of rotatable bonds is 7. The van der Waals surface area contributed by atoms with E-state index < -0.39 is 24.2 Å². The maximum atomic E-state index is 13.1. The molecule has 0 aromatic heterocycles. The first kappa shape index (κ1) is 18.3. The second-order valence-corrected chi connectivity index (χ2v) is 4.92. The van der Waals surface area contributed by atoms with Crippen molar-refractivity contribution >= 4 is 11.8 Å². The molecule has 25 heavy (non-hydrogen) atoms. The molecule has 0 N–H and O–H groups in total. The average Bonchev–Trinajstić information content (AvgIpc) is 2.64. The Hall–Kier alpha value is -3.09. The van der Waals surface area contributed by atoms with Crippen LogP contribution in [0.5, 0.6) is 17.2 Å². The number of halogens is 1. The van der Waals surface area contributed by atoms with Crippen LogP contribution in [0.1, 0.15) is 20.7 Å². The van der Waals surface area contributed by atoms with Gasteiger partial charge >= 0.3 is 5.97 Å². The van der Waals surface area contributed by atoms with Crippen LogP contribution in [-0.4, -0.2) is 39.7 Å². The van der Waals surface area contributed by atoms with Crippen LogP contribution in [0, 0.1) is 5.82 Å². The van der Waals surface area contributed by atoms with E-state index in [0.29, 0.717) is 11.5 Å². The molecule has 0 bridgehead atoms. The van der Waals surface area contributed by atoms with Crippen LogP contribution in [0.25, 0.3) is 0 Å². The lowest BCUT2D eigenvalue weighted by Crippen LogP contribution is -2.15. The number of benzene rings is 2. The lowest BCUT2D eigenvalue weighted by Gasteiger charge is -2.13. The van der Waals surface area contributed by atoms with Crippen LogP contribution in [0.3, 0.4) is 0 Å². The number of ether oxygens (including phenoxy) is 4. The molecule has 2 rings (SSSR count). The Labute approximate surface area is 144 Å². The topological polar surface area (TPSA) is 71.1 Å². The minimum Gasteiger partial charge on any atom is -0.496 e. The molecular formula is C18H17FO6. The quantitative estimate of drug-likeness (QED) is 0.566. The molecule has 0 saturated heterocycles. The van der Waals surface area contributed by atoms with Crippen molar-refractivity contribution in [3.63, 3.8) is 0 Å². The highest BCUT2D eigenvalue weighted by atomic mass is 19.1. The number of methoxy groups -OCH3 is 3. The SMILES string of the molecule is COc1cc(OC)c(C(=O)OCC(=O)c2cccc(F)c2)cc1OC. The smallest absolute Gasteiger partial charge is 0.342 e. The molecule has 0 spiro atoms. The third kappa shape index (κ3) is 4.26. The maximum absolute atomic E-state index is 13.1. The van der Waals surface area contributed by atoms with Gasteiger partial charge in [-0.1, -0.05) is 12.1 Å². The van der Waals surface area contributed by atoms with Crippen molar-refractivity contribution in [2.24, 2.45) is 0 Å². The van der Waals surface area contributed by atoms with Gasteiger partial charge in [-0.2, -0.15) is 0 Å². The average molecular weight is 348 g/mol. The zero-order chi connectivity index (χ0) is 18.4. The van der Waals surface area contributed by atoms with Crippen LogP contribution in [0.15, 0.2) is 36.4 Å². The zero-order valence-electron chi connectivity index (χ0n) is 14.0. The van der Waals surface area contributed by atoms with E-state index >= 15 is 0 Å².